The van der Waals surface area contributed by atoms with E-state index in [9.17, 15) is 4.39 Å². The van der Waals surface area contributed by atoms with Crippen LogP contribution in [0.1, 0.15) is 10.4 Å². The van der Waals surface area contributed by atoms with Crippen LogP contribution in [0.2, 0.25) is 0 Å². The molecule has 0 unspecified atom stereocenters. The zero-order valence-electron chi connectivity index (χ0n) is 8.71. The number of anilines is 1. The molecule has 0 saturated heterocycles. The smallest absolute Gasteiger partial charge is 0.141 e. The van der Waals surface area contributed by atoms with Gasteiger partial charge < -0.3 is 5.32 Å². The van der Waals surface area contributed by atoms with Gasteiger partial charge in [0.05, 0.1) is 12.1 Å². The largest absolute Gasteiger partial charge is 0.380 e. The Balaban J connectivity index is 2.10. The van der Waals surface area contributed by atoms with Crippen molar-refractivity contribution in [1.29, 1.82) is 5.26 Å². The van der Waals surface area contributed by atoms with Gasteiger partial charge in [0.1, 0.15) is 11.9 Å². The second kappa shape index (κ2) is 5.30. The zero-order chi connectivity index (χ0) is 12.3. The van der Waals surface area contributed by atoms with Crippen molar-refractivity contribution in [2.75, 3.05) is 5.32 Å². The summed E-state index contributed by atoms with van der Waals surface area (Å²) >= 11 is 5.07. The monoisotopic (exact) mass is 310 g/mol. The van der Waals surface area contributed by atoms with E-state index in [0.29, 0.717) is 6.54 Å². The first-order chi connectivity index (χ1) is 8.20. The SMILES string of the molecule is N#Cc1cc(NCc2sccc2Br)ccc1F. The summed E-state index contributed by atoms with van der Waals surface area (Å²) < 4.78 is 14.1. The number of thiophene rings is 1. The van der Waals surface area contributed by atoms with E-state index < -0.39 is 5.82 Å². The minimum absolute atomic E-state index is 0.0558. The highest BCUT2D eigenvalue weighted by Gasteiger charge is 2.04. The molecule has 0 atom stereocenters. The van der Waals surface area contributed by atoms with Crippen LogP contribution in [-0.4, -0.2) is 0 Å². The molecular formula is C12H8BrFN2S. The number of hydrogen-bond acceptors (Lipinski definition) is 3. The van der Waals surface area contributed by atoms with Crippen molar-refractivity contribution in [1.82, 2.24) is 0 Å². The third kappa shape index (κ3) is 2.84. The van der Waals surface area contributed by atoms with Crippen molar-refractivity contribution < 1.29 is 4.39 Å². The average Bonchev–Trinajstić information content (AvgIpc) is 2.74. The van der Waals surface area contributed by atoms with Crippen molar-refractivity contribution in [3.8, 4) is 6.07 Å². The van der Waals surface area contributed by atoms with Gasteiger partial charge in [0.2, 0.25) is 0 Å². The zero-order valence-corrected chi connectivity index (χ0v) is 11.1. The Kier molecular flexibility index (Phi) is 3.77. The molecule has 1 aromatic carbocycles. The third-order valence-electron chi connectivity index (χ3n) is 2.23. The van der Waals surface area contributed by atoms with Gasteiger partial charge in [-0.1, -0.05) is 0 Å². The van der Waals surface area contributed by atoms with Gasteiger partial charge in [-0.25, -0.2) is 4.39 Å². The van der Waals surface area contributed by atoms with Crippen LogP contribution in [0.15, 0.2) is 34.1 Å². The summed E-state index contributed by atoms with van der Waals surface area (Å²) in [5.74, 6) is -0.490. The Bertz CT molecular complexity index is 574. The van der Waals surface area contributed by atoms with Crippen LogP contribution in [0, 0.1) is 17.1 Å². The number of halogens is 2. The lowest BCUT2D eigenvalue weighted by atomic mass is 10.2. The molecule has 2 aromatic rings. The molecule has 86 valence electrons. The fraction of sp³-hybridized carbons (Fsp3) is 0.0833. The van der Waals surface area contributed by atoms with E-state index >= 15 is 0 Å². The number of hydrogen-bond donors (Lipinski definition) is 1. The molecule has 0 aliphatic carbocycles. The van der Waals surface area contributed by atoms with Gasteiger partial charge in [-0.05, 0) is 45.6 Å². The summed E-state index contributed by atoms with van der Waals surface area (Å²) in [7, 11) is 0. The van der Waals surface area contributed by atoms with Gasteiger partial charge in [-0.2, -0.15) is 5.26 Å². The van der Waals surface area contributed by atoms with E-state index in [0.717, 1.165) is 15.0 Å². The van der Waals surface area contributed by atoms with Crippen LogP contribution in [0.4, 0.5) is 10.1 Å². The third-order valence-corrected chi connectivity index (χ3v) is 4.16. The fourth-order valence-corrected chi connectivity index (χ4v) is 2.79. The Morgan fingerprint density at radius 1 is 1.41 bits per heavy atom. The van der Waals surface area contributed by atoms with E-state index in [4.69, 9.17) is 5.26 Å². The maximum absolute atomic E-state index is 13.1. The van der Waals surface area contributed by atoms with E-state index in [-0.39, 0.29) is 5.56 Å². The van der Waals surface area contributed by atoms with Crippen molar-refractivity contribution in [2.24, 2.45) is 0 Å². The lowest BCUT2D eigenvalue weighted by Gasteiger charge is -2.06. The molecular weight excluding hydrogens is 303 g/mol. The summed E-state index contributed by atoms with van der Waals surface area (Å²) in [4.78, 5) is 1.16. The van der Waals surface area contributed by atoms with Gasteiger partial charge >= 0.3 is 0 Å². The standard InChI is InChI=1S/C12H8BrFN2S/c13-10-3-4-17-12(10)7-16-9-1-2-11(14)8(5-9)6-15/h1-5,16H,7H2. The molecule has 0 amide bonds. The molecule has 0 bridgehead atoms. The predicted octanol–water partition coefficient (Wildman–Crippen LogP) is 4.13. The van der Waals surface area contributed by atoms with E-state index in [1.54, 1.807) is 17.4 Å². The topological polar surface area (TPSA) is 35.8 Å². The first kappa shape index (κ1) is 12.1. The lowest BCUT2D eigenvalue weighted by molar-refractivity contribution is 0.624. The summed E-state index contributed by atoms with van der Waals surface area (Å²) in [6.45, 7) is 0.648. The molecule has 0 aliphatic rings. The molecule has 0 spiro atoms. The van der Waals surface area contributed by atoms with Gasteiger partial charge in [-0.3, -0.25) is 0 Å². The molecule has 2 rings (SSSR count). The average molecular weight is 311 g/mol. The first-order valence-corrected chi connectivity index (χ1v) is 6.53. The number of benzene rings is 1. The molecule has 2 nitrogen and oxygen atoms in total. The maximum atomic E-state index is 13.1. The second-order valence-electron chi connectivity index (χ2n) is 3.35. The van der Waals surface area contributed by atoms with Crippen LogP contribution in [0.5, 0.6) is 0 Å². The Morgan fingerprint density at radius 3 is 2.88 bits per heavy atom. The van der Waals surface area contributed by atoms with Gasteiger partial charge in [-0.15, -0.1) is 11.3 Å². The highest BCUT2D eigenvalue weighted by molar-refractivity contribution is 9.10. The number of nitriles is 1. The Morgan fingerprint density at radius 2 is 2.24 bits per heavy atom. The van der Waals surface area contributed by atoms with Crippen LogP contribution >= 0.6 is 27.3 Å². The molecule has 1 aromatic heterocycles. The van der Waals surface area contributed by atoms with Crippen LogP contribution in [0.25, 0.3) is 0 Å². The maximum Gasteiger partial charge on any atom is 0.141 e. The first-order valence-electron chi connectivity index (χ1n) is 4.86. The second-order valence-corrected chi connectivity index (χ2v) is 5.21. The lowest BCUT2D eigenvalue weighted by Crippen LogP contribution is -1.98. The van der Waals surface area contributed by atoms with Gasteiger partial charge in [0.15, 0.2) is 0 Å². The van der Waals surface area contributed by atoms with Crippen molar-refractivity contribution >= 4 is 33.0 Å². The van der Waals surface area contributed by atoms with E-state index in [1.165, 1.54) is 12.1 Å². The van der Waals surface area contributed by atoms with Crippen LogP contribution in [0.3, 0.4) is 0 Å². The minimum Gasteiger partial charge on any atom is -0.380 e. The van der Waals surface area contributed by atoms with E-state index in [2.05, 4.69) is 21.2 Å². The van der Waals surface area contributed by atoms with Gasteiger partial charge in [0, 0.05) is 15.0 Å². The highest BCUT2D eigenvalue weighted by atomic mass is 79.9. The summed E-state index contributed by atoms with van der Waals surface area (Å²) in [5.41, 5.74) is 0.795. The predicted molar refractivity (Wildman–Crippen MR) is 70.5 cm³/mol. The molecule has 1 N–H and O–H groups in total. The van der Waals surface area contributed by atoms with E-state index in [1.807, 2.05) is 17.5 Å². The number of nitrogens with one attached hydrogen (secondary N) is 1. The molecule has 0 fully saturated rings. The molecule has 0 radical (unpaired) electrons. The molecule has 17 heavy (non-hydrogen) atoms. The number of nitrogens with zero attached hydrogens (tertiary/aromatic N) is 1. The Hall–Kier alpha value is -1.38. The molecule has 0 saturated carbocycles. The summed E-state index contributed by atoms with van der Waals surface area (Å²) in [5, 5.41) is 13.9. The van der Waals surface area contributed by atoms with Crippen molar-refractivity contribution in [3.63, 3.8) is 0 Å². The quantitative estimate of drug-likeness (QED) is 0.925. The molecule has 0 aliphatic heterocycles. The molecule has 5 heteroatoms. The van der Waals surface area contributed by atoms with Crippen LogP contribution in [-0.2, 0) is 6.54 Å². The summed E-state index contributed by atoms with van der Waals surface area (Å²) in [6, 6.07) is 8.23. The molecule has 1 heterocycles. The summed E-state index contributed by atoms with van der Waals surface area (Å²) in [6.07, 6.45) is 0. The number of rotatable bonds is 3. The Labute approximate surface area is 111 Å². The van der Waals surface area contributed by atoms with Crippen LogP contribution < -0.4 is 5.32 Å². The van der Waals surface area contributed by atoms with Crippen molar-refractivity contribution in [2.45, 2.75) is 6.54 Å². The van der Waals surface area contributed by atoms with Crippen molar-refractivity contribution in [3.05, 3.63) is 50.4 Å². The van der Waals surface area contributed by atoms with Gasteiger partial charge in [0.25, 0.3) is 0 Å². The minimum atomic E-state index is -0.490. The fourth-order valence-electron chi connectivity index (χ4n) is 1.35. The highest BCUT2D eigenvalue weighted by Crippen LogP contribution is 2.24. The normalized spacial score (nSPS) is 9.94.